The Balaban J connectivity index is 1.90. The van der Waals surface area contributed by atoms with Crippen molar-refractivity contribution in [1.82, 2.24) is 24.8 Å². The van der Waals surface area contributed by atoms with E-state index >= 15 is 0 Å². The van der Waals surface area contributed by atoms with Crippen LogP contribution in [-0.4, -0.2) is 24.8 Å². The molecular formula is C22H22N8O2. The van der Waals surface area contributed by atoms with Crippen LogP contribution in [-0.2, 0) is 11.8 Å². The molecule has 4 aromatic rings. The Morgan fingerprint density at radius 2 is 1.97 bits per heavy atom. The highest BCUT2D eigenvalue weighted by molar-refractivity contribution is 5.65. The van der Waals surface area contributed by atoms with Gasteiger partial charge in [0.1, 0.15) is 11.4 Å². The Labute approximate surface area is 183 Å². The first kappa shape index (κ1) is 21.0. The van der Waals surface area contributed by atoms with Gasteiger partial charge in [0.05, 0.1) is 12.3 Å². The van der Waals surface area contributed by atoms with E-state index < -0.39 is 5.56 Å². The summed E-state index contributed by atoms with van der Waals surface area (Å²) in [7, 11) is 0. The fraction of sp³-hybridized carbons (Fsp3) is 0.273. The van der Waals surface area contributed by atoms with Gasteiger partial charge in [0.25, 0.3) is 17.1 Å². The summed E-state index contributed by atoms with van der Waals surface area (Å²) in [4.78, 5) is 19.2. The number of nitrogens with one attached hydrogen (secondary N) is 2. The van der Waals surface area contributed by atoms with Crippen LogP contribution in [0.1, 0.15) is 39.1 Å². The molecule has 2 N–H and O–H groups in total. The van der Waals surface area contributed by atoms with Crippen LogP contribution in [0.25, 0.3) is 10.5 Å². The van der Waals surface area contributed by atoms with Crippen molar-refractivity contribution in [1.29, 1.82) is 0 Å². The van der Waals surface area contributed by atoms with E-state index in [0.29, 0.717) is 23.5 Å². The molecule has 32 heavy (non-hydrogen) atoms. The summed E-state index contributed by atoms with van der Waals surface area (Å²) >= 11 is 0. The first-order chi connectivity index (χ1) is 15.3. The van der Waals surface area contributed by atoms with Crippen LogP contribution in [0.4, 0.5) is 17.2 Å². The number of hydrogen-bond acceptors (Lipinski definition) is 6. The van der Waals surface area contributed by atoms with Gasteiger partial charge < -0.3 is 9.72 Å². The number of aromatic amines is 2. The van der Waals surface area contributed by atoms with Crippen molar-refractivity contribution in [3.63, 3.8) is 0 Å². The average Bonchev–Trinajstić information content (AvgIpc) is 3.37. The minimum Gasteiger partial charge on any atom is -0.437 e. The van der Waals surface area contributed by atoms with Crippen LogP contribution in [0.2, 0.25) is 0 Å². The SMILES string of the molecule is [C-]#[N+]c1c(N=Nc2c(Oc3ccccc3)n3nc(C(C)(C)C)cc3[nH]c2=O)n[nH]c1CC. The second-order valence-corrected chi connectivity index (χ2v) is 8.14. The molecule has 10 nitrogen and oxygen atoms in total. The zero-order valence-corrected chi connectivity index (χ0v) is 18.2. The second kappa shape index (κ2) is 8.11. The predicted octanol–water partition coefficient (Wildman–Crippen LogP) is 5.36. The molecule has 0 radical (unpaired) electrons. The van der Waals surface area contributed by atoms with Crippen LogP contribution in [0, 0.1) is 6.57 Å². The second-order valence-electron chi connectivity index (χ2n) is 8.14. The molecule has 0 aliphatic rings. The van der Waals surface area contributed by atoms with Crippen molar-refractivity contribution in [2.45, 2.75) is 39.5 Å². The fourth-order valence-corrected chi connectivity index (χ4v) is 3.04. The first-order valence-corrected chi connectivity index (χ1v) is 10.1. The van der Waals surface area contributed by atoms with E-state index in [9.17, 15) is 4.79 Å². The van der Waals surface area contributed by atoms with E-state index in [2.05, 4.69) is 35.4 Å². The van der Waals surface area contributed by atoms with E-state index in [1.807, 2.05) is 45.9 Å². The van der Waals surface area contributed by atoms with Crippen molar-refractivity contribution in [2.24, 2.45) is 10.2 Å². The third kappa shape index (κ3) is 3.88. The molecule has 3 aromatic heterocycles. The minimum absolute atomic E-state index is 0.0816. The lowest BCUT2D eigenvalue weighted by atomic mass is 9.93. The molecule has 1 aromatic carbocycles. The van der Waals surface area contributed by atoms with Gasteiger partial charge in [0, 0.05) is 17.2 Å². The number of H-pyrrole nitrogens is 2. The molecule has 4 rings (SSSR count). The Bertz CT molecular complexity index is 1400. The Morgan fingerprint density at radius 3 is 2.62 bits per heavy atom. The minimum atomic E-state index is -0.497. The summed E-state index contributed by atoms with van der Waals surface area (Å²) in [6.45, 7) is 15.4. The number of rotatable bonds is 5. The number of ether oxygens (including phenoxy) is 1. The quantitative estimate of drug-likeness (QED) is 0.327. The molecule has 0 aliphatic carbocycles. The van der Waals surface area contributed by atoms with E-state index in [-0.39, 0.29) is 28.5 Å². The van der Waals surface area contributed by atoms with E-state index in [0.717, 1.165) is 5.69 Å². The molecule has 0 aliphatic heterocycles. The highest BCUT2D eigenvalue weighted by atomic mass is 16.5. The lowest BCUT2D eigenvalue weighted by molar-refractivity contribution is 0.443. The van der Waals surface area contributed by atoms with Gasteiger partial charge in [-0.05, 0) is 18.6 Å². The van der Waals surface area contributed by atoms with Crippen LogP contribution in [0.5, 0.6) is 11.6 Å². The normalized spacial score (nSPS) is 11.8. The van der Waals surface area contributed by atoms with Gasteiger partial charge in [-0.1, -0.05) is 45.9 Å². The Hall–Kier alpha value is -4.26. The molecule has 10 heteroatoms. The third-order valence-corrected chi connectivity index (χ3v) is 4.79. The summed E-state index contributed by atoms with van der Waals surface area (Å²) in [6, 6.07) is 10.8. The number of nitrogens with zero attached hydrogens (tertiary/aromatic N) is 6. The molecule has 0 saturated carbocycles. The van der Waals surface area contributed by atoms with Gasteiger partial charge in [-0.25, -0.2) is 4.85 Å². The van der Waals surface area contributed by atoms with E-state index in [1.54, 1.807) is 18.2 Å². The van der Waals surface area contributed by atoms with Gasteiger partial charge in [-0.15, -0.1) is 10.2 Å². The summed E-state index contributed by atoms with van der Waals surface area (Å²) in [5.74, 6) is 0.737. The zero-order chi connectivity index (χ0) is 22.9. The molecular weight excluding hydrogens is 408 g/mol. The topological polar surface area (TPSA) is 117 Å². The van der Waals surface area contributed by atoms with Gasteiger partial charge in [0.2, 0.25) is 11.5 Å². The average molecular weight is 430 g/mol. The van der Waals surface area contributed by atoms with Crippen molar-refractivity contribution in [2.75, 3.05) is 0 Å². The van der Waals surface area contributed by atoms with Crippen molar-refractivity contribution >= 4 is 22.8 Å². The van der Waals surface area contributed by atoms with Crippen molar-refractivity contribution in [3.8, 4) is 11.6 Å². The van der Waals surface area contributed by atoms with Gasteiger partial charge >= 0.3 is 0 Å². The molecule has 0 atom stereocenters. The van der Waals surface area contributed by atoms with Crippen molar-refractivity contribution in [3.05, 3.63) is 69.6 Å². The van der Waals surface area contributed by atoms with E-state index in [4.69, 9.17) is 11.3 Å². The van der Waals surface area contributed by atoms with Crippen LogP contribution >= 0.6 is 0 Å². The van der Waals surface area contributed by atoms with Gasteiger partial charge in [-0.3, -0.25) is 9.89 Å². The summed E-state index contributed by atoms with van der Waals surface area (Å²) < 4.78 is 7.54. The number of aromatic nitrogens is 5. The molecule has 0 unspecified atom stereocenters. The lowest BCUT2D eigenvalue weighted by Gasteiger charge is -2.13. The molecule has 0 saturated heterocycles. The maximum atomic E-state index is 12.9. The molecule has 0 spiro atoms. The largest absolute Gasteiger partial charge is 0.437 e. The highest BCUT2D eigenvalue weighted by Crippen LogP contribution is 2.34. The van der Waals surface area contributed by atoms with Gasteiger partial charge in [0.15, 0.2) is 0 Å². The number of benzene rings is 1. The summed E-state index contributed by atoms with van der Waals surface area (Å²) in [5.41, 5.74) is 1.35. The standard InChI is InChI=1S/C22H22N8O2/c1-6-14-17(23-5)19(27-25-14)28-26-18-20(31)24-16-12-15(22(2,3)4)29-30(16)21(18)32-13-10-8-7-9-11-13/h7-12H,6H2,1-4H3,(H,24,31)(H,25,27). The monoisotopic (exact) mass is 430 g/mol. The highest BCUT2D eigenvalue weighted by Gasteiger charge is 2.23. The zero-order valence-electron chi connectivity index (χ0n) is 18.2. The molecule has 0 amide bonds. The number of azo groups is 1. The molecule has 0 fully saturated rings. The number of hydrogen-bond donors (Lipinski definition) is 2. The van der Waals surface area contributed by atoms with Crippen LogP contribution in [0.3, 0.4) is 0 Å². The number of fused-ring (bicyclic) bond motifs is 1. The first-order valence-electron chi connectivity index (χ1n) is 10.1. The fourth-order valence-electron chi connectivity index (χ4n) is 3.04. The summed E-state index contributed by atoms with van der Waals surface area (Å²) in [6.07, 6.45) is 0.595. The summed E-state index contributed by atoms with van der Waals surface area (Å²) in [5, 5.41) is 19.6. The smallest absolute Gasteiger partial charge is 0.283 e. The van der Waals surface area contributed by atoms with Gasteiger partial charge in [-0.2, -0.15) is 14.7 Å². The molecule has 3 heterocycles. The maximum Gasteiger partial charge on any atom is 0.283 e. The third-order valence-electron chi connectivity index (χ3n) is 4.79. The molecule has 0 bridgehead atoms. The number of para-hydroxylation sites is 1. The van der Waals surface area contributed by atoms with Crippen LogP contribution in [0.15, 0.2) is 51.4 Å². The molecule has 162 valence electrons. The van der Waals surface area contributed by atoms with Crippen LogP contribution < -0.4 is 10.3 Å². The Kier molecular flexibility index (Phi) is 5.32. The maximum absolute atomic E-state index is 12.9. The Morgan fingerprint density at radius 1 is 1.22 bits per heavy atom. The van der Waals surface area contributed by atoms with E-state index in [1.165, 1.54) is 4.52 Å². The predicted molar refractivity (Wildman–Crippen MR) is 119 cm³/mol. The lowest BCUT2D eigenvalue weighted by Crippen LogP contribution is -2.13. The van der Waals surface area contributed by atoms with Crippen molar-refractivity contribution < 1.29 is 4.74 Å². The number of aryl methyl sites for hydroxylation is 1.